The molecule has 2 atom stereocenters. The van der Waals surface area contributed by atoms with E-state index in [0.29, 0.717) is 13.0 Å². The van der Waals surface area contributed by atoms with E-state index >= 15 is 0 Å². The second-order valence-electron chi connectivity index (χ2n) is 8.66. The molecule has 2 unspecified atom stereocenters. The van der Waals surface area contributed by atoms with Gasteiger partial charge in [0.15, 0.2) is 0 Å². The highest BCUT2D eigenvalue weighted by molar-refractivity contribution is 6.04. The van der Waals surface area contributed by atoms with Crippen molar-refractivity contribution < 1.29 is 9.59 Å². The normalized spacial score (nSPS) is 18.5. The van der Waals surface area contributed by atoms with Crippen LogP contribution < -0.4 is 10.2 Å². The Bertz CT molecular complexity index is 882. The third-order valence-electron chi connectivity index (χ3n) is 5.33. The fraction of sp³-hybridized carbons (Fsp3) is 0.417. The summed E-state index contributed by atoms with van der Waals surface area (Å²) in [5.74, 6) is -0.505. The minimum atomic E-state index is -0.251. The van der Waals surface area contributed by atoms with Gasteiger partial charge in [0.1, 0.15) is 0 Å². The predicted octanol–water partition coefficient (Wildman–Crippen LogP) is 4.92. The molecule has 1 saturated carbocycles. The highest BCUT2D eigenvalue weighted by atomic mass is 16.2. The van der Waals surface area contributed by atoms with Crippen molar-refractivity contribution >= 4 is 23.2 Å². The maximum absolute atomic E-state index is 13.0. The summed E-state index contributed by atoms with van der Waals surface area (Å²) in [4.78, 5) is 27.6. The zero-order valence-corrected chi connectivity index (χ0v) is 17.5. The Balaban J connectivity index is 1.70. The number of para-hydroxylation sites is 1. The van der Waals surface area contributed by atoms with E-state index < -0.39 is 0 Å². The van der Waals surface area contributed by atoms with Crippen molar-refractivity contribution in [3.8, 4) is 0 Å². The number of benzene rings is 2. The van der Waals surface area contributed by atoms with Crippen LogP contribution in [0, 0.1) is 18.8 Å². The average molecular weight is 379 g/mol. The standard InChI is InChI=1S/C24H30N2O2/c1-6-26(17-11-9-10-16(2)14-17)23(28)19-15-18(19)22(27)25-21-13-8-7-12-20(21)24(3,4)5/h7-14,18-19H,6,15H2,1-5H3,(H,25,27). The average Bonchev–Trinajstić information content (AvgIpc) is 3.43. The van der Waals surface area contributed by atoms with Gasteiger partial charge in [-0.15, -0.1) is 0 Å². The SMILES string of the molecule is CCN(C(=O)C1CC1C(=O)Nc1ccccc1C(C)(C)C)c1cccc(C)c1. The van der Waals surface area contributed by atoms with E-state index in [1.165, 1.54) is 0 Å². The number of nitrogens with zero attached hydrogens (tertiary/aromatic N) is 1. The van der Waals surface area contributed by atoms with Crippen LogP contribution in [0.25, 0.3) is 0 Å². The van der Waals surface area contributed by atoms with Crippen molar-refractivity contribution in [3.05, 3.63) is 59.7 Å². The zero-order chi connectivity index (χ0) is 20.5. The quantitative estimate of drug-likeness (QED) is 0.803. The lowest BCUT2D eigenvalue weighted by Crippen LogP contribution is -2.33. The molecule has 0 aliphatic heterocycles. The van der Waals surface area contributed by atoms with E-state index in [1.54, 1.807) is 4.90 Å². The lowest BCUT2D eigenvalue weighted by Gasteiger charge is -2.23. The molecule has 28 heavy (non-hydrogen) atoms. The summed E-state index contributed by atoms with van der Waals surface area (Å²) in [6, 6.07) is 15.8. The Labute approximate surface area is 167 Å². The lowest BCUT2D eigenvalue weighted by molar-refractivity contribution is -0.123. The molecule has 0 radical (unpaired) electrons. The van der Waals surface area contributed by atoms with Crippen LogP contribution in [-0.4, -0.2) is 18.4 Å². The number of nitrogens with one attached hydrogen (secondary N) is 1. The second-order valence-corrected chi connectivity index (χ2v) is 8.66. The molecule has 1 N–H and O–H groups in total. The molecular weight excluding hydrogens is 348 g/mol. The molecule has 2 aromatic carbocycles. The number of carbonyl (C=O) groups excluding carboxylic acids is 2. The molecule has 2 aromatic rings. The monoisotopic (exact) mass is 378 g/mol. The van der Waals surface area contributed by atoms with E-state index in [2.05, 4.69) is 26.1 Å². The van der Waals surface area contributed by atoms with E-state index in [9.17, 15) is 9.59 Å². The molecule has 0 saturated heterocycles. The maximum atomic E-state index is 13.0. The molecule has 0 bridgehead atoms. The minimum absolute atomic E-state index is 0.0392. The molecule has 1 fully saturated rings. The Hall–Kier alpha value is -2.62. The third kappa shape index (κ3) is 4.27. The Morgan fingerprint density at radius 2 is 1.79 bits per heavy atom. The molecule has 0 aromatic heterocycles. The molecule has 0 heterocycles. The third-order valence-corrected chi connectivity index (χ3v) is 5.33. The van der Waals surface area contributed by atoms with E-state index in [1.807, 2.05) is 62.4 Å². The number of aryl methyl sites for hydroxylation is 1. The fourth-order valence-corrected chi connectivity index (χ4v) is 3.69. The summed E-state index contributed by atoms with van der Waals surface area (Å²) >= 11 is 0. The molecule has 3 rings (SSSR count). The van der Waals surface area contributed by atoms with E-state index in [0.717, 1.165) is 22.5 Å². The fourth-order valence-electron chi connectivity index (χ4n) is 3.69. The molecule has 4 heteroatoms. The van der Waals surface area contributed by atoms with Gasteiger partial charge in [0.05, 0.1) is 11.8 Å². The Kier molecular flexibility index (Phi) is 5.59. The first-order chi connectivity index (χ1) is 13.2. The number of hydrogen-bond acceptors (Lipinski definition) is 2. The van der Waals surface area contributed by atoms with Gasteiger partial charge in [-0.3, -0.25) is 9.59 Å². The Morgan fingerprint density at radius 3 is 2.43 bits per heavy atom. The van der Waals surface area contributed by atoms with Gasteiger partial charge in [-0.05, 0) is 55.0 Å². The van der Waals surface area contributed by atoms with Crippen molar-refractivity contribution in [2.75, 3.05) is 16.8 Å². The van der Waals surface area contributed by atoms with Crippen LogP contribution in [0.4, 0.5) is 11.4 Å². The topological polar surface area (TPSA) is 49.4 Å². The van der Waals surface area contributed by atoms with E-state index in [4.69, 9.17) is 0 Å². The van der Waals surface area contributed by atoms with Crippen molar-refractivity contribution in [2.24, 2.45) is 11.8 Å². The van der Waals surface area contributed by atoms with Gasteiger partial charge >= 0.3 is 0 Å². The van der Waals surface area contributed by atoms with Crippen molar-refractivity contribution in [1.29, 1.82) is 0 Å². The highest BCUT2D eigenvalue weighted by Gasteiger charge is 2.49. The highest BCUT2D eigenvalue weighted by Crippen LogP contribution is 2.42. The number of anilines is 2. The summed E-state index contributed by atoms with van der Waals surface area (Å²) in [5.41, 5.74) is 3.89. The zero-order valence-electron chi connectivity index (χ0n) is 17.5. The predicted molar refractivity (Wildman–Crippen MR) is 115 cm³/mol. The second kappa shape index (κ2) is 7.78. The van der Waals surface area contributed by atoms with E-state index in [-0.39, 0.29) is 29.1 Å². The van der Waals surface area contributed by atoms with Crippen LogP contribution in [0.1, 0.15) is 45.2 Å². The van der Waals surface area contributed by atoms with Gasteiger partial charge in [0.2, 0.25) is 11.8 Å². The number of carbonyl (C=O) groups is 2. The molecule has 0 spiro atoms. The summed E-state index contributed by atoms with van der Waals surface area (Å²) in [6.07, 6.45) is 0.616. The maximum Gasteiger partial charge on any atom is 0.230 e. The lowest BCUT2D eigenvalue weighted by atomic mass is 9.86. The smallest absolute Gasteiger partial charge is 0.230 e. The number of amides is 2. The molecule has 4 nitrogen and oxygen atoms in total. The van der Waals surface area contributed by atoms with Gasteiger partial charge < -0.3 is 10.2 Å². The van der Waals surface area contributed by atoms with Crippen LogP contribution in [0.2, 0.25) is 0 Å². The largest absolute Gasteiger partial charge is 0.326 e. The van der Waals surface area contributed by atoms with Gasteiger partial charge in [-0.2, -0.15) is 0 Å². The van der Waals surface area contributed by atoms with Crippen molar-refractivity contribution in [3.63, 3.8) is 0 Å². The van der Waals surface area contributed by atoms with Crippen molar-refractivity contribution in [2.45, 2.75) is 46.5 Å². The number of rotatable bonds is 5. The van der Waals surface area contributed by atoms with Crippen LogP contribution in [0.15, 0.2) is 48.5 Å². The van der Waals surface area contributed by atoms with Crippen LogP contribution in [-0.2, 0) is 15.0 Å². The first-order valence-corrected chi connectivity index (χ1v) is 10.0. The number of hydrogen-bond donors (Lipinski definition) is 1. The molecule has 1 aliphatic carbocycles. The summed E-state index contributed by atoms with van der Waals surface area (Å²) in [7, 11) is 0. The van der Waals surface area contributed by atoms with Crippen LogP contribution in [0.5, 0.6) is 0 Å². The molecule has 1 aliphatic rings. The van der Waals surface area contributed by atoms with Crippen LogP contribution >= 0.6 is 0 Å². The summed E-state index contributed by atoms with van der Waals surface area (Å²) in [6.45, 7) is 11.0. The summed E-state index contributed by atoms with van der Waals surface area (Å²) in [5, 5.41) is 3.06. The van der Waals surface area contributed by atoms with Gasteiger partial charge in [-0.1, -0.05) is 51.1 Å². The van der Waals surface area contributed by atoms with Gasteiger partial charge in [0.25, 0.3) is 0 Å². The molecule has 2 amide bonds. The minimum Gasteiger partial charge on any atom is -0.326 e. The molecule has 148 valence electrons. The van der Waals surface area contributed by atoms with Crippen LogP contribution in [0.3, 0.4) is 0 Å². The first kappa shape index (κ1) is 20.1. The van der Waals surface area contributed by atoms with Crippen molar-refractivity contribution in [1.82, 2.24) is 0 Å². The summed E-state index contributed by atoms with van der Waals surface area (Å²) < 4.78 is 0. The Morgan fingerprint density at radius 1 is 1.07 bits per heavy atom. The van der Waals surface area contributed by atoms with Gasteiger partial charge in [0, 0.05) is 17.9 Å². The molecular formula is C24H30N2O2. The van der Waals surface area contributed by atoms with Gasteiger partial charge in [-0.25, -0.2) is 0 Å². The first-order valence-electron chi connectivity index (χ1n) is 10.0.